The lowest BCUT2D eigenvalue weighted by atomic mass is 10.3. The van der Waals surface area contributed by atoms with Crippen molar-refractivity contribution in [1.29, 1.82) is 0 Å². The smallest absolute Gasteiger partial charge is 0.0794 e. The maximum Gasteiger partial charge on any atom is 0.0794 e. The lowest BCUT2D eigenvalue weighted by molar-refractivity contribution is 0.626. The molecule has 0 aliphatic heterocycles. The molecule has 0 saturated heterocycles. The van der Waals surface area contributed by atoms with E-state index < -0.39 is 0 Å². The van der Waals surface area contributed by atoms with Crippen LogP contribution >= 0.6 is 11.3 Å². The molecule has 0 spiro atoms. The Bertz CT molecular complexity index is 433. The average Bonchev–Trinajstić information content (AvgIpc) is 2.89. The Morgan fingerprint density at radius 1 is 1.44 bits per heavy atom. The number of nitrogens with one attached hydrogen (secondary N) is 1. The zero-order valence-corrected chi connectivity index (χ0v) is 10.4. The van der Waals surface area contributed by atoms with Gasteiger partial charge in [0.2, 0.25) is 0 Å². The van der Waals surface area contributed by atoms with Crippen LogP contribution in [0.1, 0.15) is 23.2 Å². The molecule has 0 aliphatic carbocycles. The molecule has 0 bridgehead atoms. The molecule has 2 heterocycles. The van der Waals surface area contributed by atoms with Crippen LogP contribution in [-0.2, 0) is 26.6 Å². The summed E-state index contributed by atoms with van der Waals surface area (Å²) in [6, 6.07) is 2.15. The van der Waals surface area contributed by atoms with Gasteiger partial charge in [-0.3, -0.25) is 9.67 Å². The van der Waals surface area contributed by atoms with E-state index in [0.29, 0.717) is 0 Å². The highest BCUT2D eigenvalue weighted by atomic mass is 32.1. The average molecular weight is 236 g/mol. The Morgan fingerprint density at radius 3 is 2.94 bits per heavy atom. The summed E-state index contributed by atoms with van der Waals surface area (Å²) in [7, 11) is 1.99. The Labute approximate surface area is 99.3 Å². The van der Waals surface area contributed by atoms with Gasteiger partial charge in [0.1, 0.15) is 0 Å². The van der Waals surface area contributed by atoms with Crippen LogP contribution in [0, 0.1) is 0 Å². The van der Waals surface area contributed by atoms with Crippen molar-refractivity contribution < 1.29 is 0 Å². The summed E-state index contributed by atoms with van der Waals surface area (Å²) < 4.78 is 1.94. The molecule has 0 unspecified atom stereocenters. The molecule has 2 aromatic heterocycles. The second kappa shape index (κ2) is 5.23. The third-order valence-corrected chi connectivity index (χ3v) is 3.26. The van der Waals surface area contributed by atoms with E-state index in [0.717, 1.165) is 25.2 Å². The van der Waals surface area contributed by atoms with E-state index in [1.54, 1.807) is 11.3 Å². The first-order valence-electron chi connectivity index (χ1n) is 5.39. The molecular weight excluding hydrogens is 220 g/mol. The highest BCUT2D eigenvalue weighted by Gasteiger charge is 2.03. The van der Waals surface area contributed by atoms with Gasteiger partial charge < -0.3 is 5.32 Å². The van der Waals surface area contributed by atoms with Crippen molar-refractivity contribution >= 4 is 11.3 Å². The molecule has 4 nitrogen and oxygen atoms in total. The molecule has 0 aliphatic rings. The van der Waals surface area contributed by atoms with E-state index in [9.17, 15) is 0 Å². The molecule has 0 amide bonds. The van der Waals surface area contributed by atoms with Crippen LogP contribution < -0.4 is 5.32 Å². The molecule has 0 aromatic carbocycles. The van der Waals surface area contributed by atoms with Crippen LogP contribution in [0.25, 0.3) is 0 Å². The lowest BCUT2D eigenvalue weighted by Gasteiger charge is -2.02. The number of hydrogen-bond acceptors (Lipinski definition) is 4. The molecule has 0 atom stereocenters. The zero-order chi connectivity index (χ0) is 11.4. The lowest BCUT2D eigenvalue weighted by Crippen LogP contribution is -2.14. The molecule has 2 rings (SSSR count). The van der Waals surface area contributed by atoms with Gasteiger partial charge in [-0.2, -0.15) is 5.10 Å². The Kier molecular flexibility index (Phi) is 3.69. The van der Waals surface area contributed by atoms with E-state index in [1.807, 2.05) is 23.4 Å². The van der Waals surface area contributed by atoms with Crippen LogP contribution in [-0.4, -0.2) is 14.8 Å². The summed E-state index contributed by atoms with van der Waals surface area (Å²) >= 11 is 1.68. The maximum atomic E-state index is 4.41. The van der Waals surface area contributed by atoms with Gasteiger partial charge in [-0.1, -0.05) is 6.92 Å². The molecular formula is C11H16N4S. The van der Waals surface area contributed by atoms with Crippen LogP contribution in [0.2, 0.25) is 0 Å². The quantitative estimate of drug-likeness (QED) is 0.859. The van der Waals surface area contributed by atoms with E-state index in [2.05, 4.69) is 28.4 Å². The van der Waals surface area contributed by atoms with Gasteiger partial charge in [0.05, 0.1) is 16.9 Å². The first-order chi connectivity index (χ1) is 7.79. The predicted octanol–water partition coefficient (Wildman–Crippen LogP) is 1.73. The first-order valence-corrected chi connectivity index (χ1v) is 6.27. The highest BCUT2D eigenvalue weighted by Crippen LogP contribution is 2.06. The van der Waals surface area contributed by atoms with Crippen molar-refractivity contribution in [2.45, 2.75) is 26.4 Å². The summed E-state index contributed by atoms with van der Waals surface area (Å²) in [5, 5.41) is 7.80. The van der Waals surface area contributed by atoms with E-state index >= 15 is 0 Å². The third kappa shape index (κ3) is 2.68. The van der Waals surface area contributed by atoms with Crippen molar-refractivity contribution in [3.63, 3.8) is 0 Å². The van der Waals surface area contributed by atoms with Gasteiger partial charge in [0.25, 0.3) is 0 Å². The number of aryl methyl sites for hydroxylation is 2. The largest absolute Gasteiger partial charge is 0.306 e. The fraction of sp³-hybridized carbons (Fsp3) is 0.455. The first kappa shape index (κ1) is 11.3. The van der Waals surface area contributed by atoms with E-state index in [-0.39, 0.29) is 0 Å². The van der Waals surface area contributed by atoms with Crippen molar-refractivity contribution in [2.75, 3.05) is 0 Å². The SMILES string of the molecule is CCc1cc(CNCc2cncs2)n(C)n1. The number of rotatable bonds is 5. The second-order valence-corrected chi connectivity index (χ2v) is 4.65. The van der Waals surface area contributed by atoms with Crippen LogP contribution in [0.5, 0.6) is 0 Å². The molecule has 0 radical (unpaired) electrons. The Morgan fingerprint density at radius 2 is 2.31 bits per heavy atom. The van der Waals surface area contributed by atoms with Crippen LogP contribution in [0.4, 0.5) is 0 Å². The number of hydrogen-bond donors (Lipinski definition) is 1. The van der Waals surface area contributed by atoms with E-state index in [1.165, 1.54) is 10.6 Å². The van der Waals surface area contributed by atoms with Gasteiger partial charge in [-0.15, -0.1) is 11.3 Å². The standard InChI is InChI=1S/C11H16N4S/c1-3-9-4-10(15(2)14-9)5-12-6-11-7-13-8-16-11/h4,7-8,12H,3,5-6H2,1-2H3. The second-order valence-electron chi connectivity index (χ2n) is 3.68. The van der Waals surface area contributed by atoms with Crippen molar-refractivity contribution in [3.05, 3.63) is 34.0 Å². The normalized spacial score (nSPS) is 10.9. The van der Waals surface area contributed by atoms with Gasteiger partial charge in [-0.05, 0) is 12.5 Å². The molecule has 5 heteroatoms. The minimum absolute atomic E-state index is 0.849. The minimum Gasteiger partial charge on any atom is -0.306 e. The fourth-order valence-electron chi connectivity index (χ4n) is 1.55. The number of thiazole rings is 1. The molecule has 86 valence electrons. The van der Waals surface area contributed by atoms with Crippen molar-refractivity contribution in [1.82, 2.24) is 20.1 Å². The van der Waals surface area contributed by atoms with Crippen molar-refractivity contribution in [2.24, 2.45) is 7.05 Å². The van der Waals surface area contributed by atoms with Gasteiger partial charge in [0.15, 0.2) is 0 Å². The summed E-state index contributed by atoms with van der Waals surface area (Å²) in [5.74, 6) is 0. The third-order valence-electron chi connectivity index (χ3n) is 2.48. The summed E-state index contributed by atoms with van der Waals surface area (Å²) in [6.45, 7) is 3.84. The molecule has 1 N–H and O–H groups in total. The summed E-state index contributed by atoms with van der Waals surface area (Å²) in [6.07, 6.45) is 2.89. The molecule has 2 aromatic rings. The van der Waals surface area contributed by atoms with E-state index in [4.69, 9.17) is 0 Å². The summed E-state index contributed by atoms with van der Waals surface area (Å²) in [4.78, 5) is 5.31. The Hall–Kier alpha value is -1.20. The van der Waals surface area contributed by atoms with Crippen LogP contribution in [0.15, 0.2) is 17.8 Å². The van der Waals surface area contributed by atoms with Crippen molar-refractivity contribution in [3.8, 4) is 0 Å². The number of aromatic nitrogens is 3. The maximum absolute atomic E-state index is 4.41. The monoisotopic (exact) mass is 236 g/mol. The highest BCUT2D eigenvalue weighted by molar-refractivity contribution is 7.09. The zero-order valence-electron chi connectivity index (χ0n) is 9.60. The van der Waals surface area contributed by atoms with Crippen LogP contribution in [0.3, 0.4) is 0 Å². The molecule has 0 fully saturated rings. The Balaban J connectivity index is 1.87. The molecule has 16 heavy (non-hydrogen) atoms. The predicted molar refractivity (Wildman–Crippen MR) is 65.2 cm³/mol. The van der Waals surface area contributed by atoms with Gasteiger partial charge >= 0.3 is 0 Å². The topological polar surface area (TPSA) is 42.7 Å². The minimum atomic E-state index is 0.849. The van der Waals surface area contributed by atoms with Gasteiger partial charge in [0, 0.05) is 31.2 Å². The molecule has 0 saturated carbocycles. The summed E-state index contributed by atoms with van der Waals surface area (Å²) in [5.41, 5.74) is 4.23. The fourth-order valence-corrected chi connectivity index (χ4v) is 2.12. The van der Waals surface area contributed by atoms with Gasteiger partial charge in [-0.25, -0.2) is 0 Å². The number of nitrogens with zero attached hydrogens (tertiary/aromatic N) is 3.